The van der Waals surface area contributed by atoms with Crippen LogP contribution in [0.3, 0.4) is 0 Å². The van der Waals surface area contributed by atoms with E-state index in [1.165, 1.54) is 10.7 Å². The van der Waals surface area contributed by atoms with Gasteiger partial charge in [-0.1, -0.05) is 18.2 Å². The fraction of sp³-hybridized carbons (Fsp3) is 0.421. The van der Waals surface area contributed by atoms with E-state index in [0.717, 1.165) is 30.8 Å². The molecular formula is C19H25N5O2. The zero-order valence-corrected chi connectivity index (χ0v) is 15.5. The number of para-hydroxylation sites is 1. The summed E-state index contributed by atoms with van der Waals surface area (Å²) in [5.41, 5.74) is 1.42. The predicted molar refractivity (Wildman–Crippen MR) is 102 cm³/mol. The third-order valence-corrected chi connectivity index (χ3v) is 4.64. The van der Waals surface area contributed by atoms with Crippen LogP contribution >= 0.6 is 0 Å². The van der Waals surface area contributed by atoms with Gasteiger partial charge >= 0.3 is 0 Å². The van der Waals surface area contributed by atoms with Crippen LogP contribution in [0.2, 0.25) is 0 Å². The normalized spacial score (nSPS) is 17.3. The third kappa shape index (κ3) is 3.71. The second-order valence-electron chi connectivity index (χ2n) is 6.79. The van der Waals surface area contributed by atoms with E-state index in [4.69, 9.17) is 0 Å². The van der Waals surface area contributed by atoms with Gasteiger partial charge in [-0.3, -0.25) is 14.6 Å². The van der Waals surface area contributed by atoms with Gasteiger partial charge in [0.05, 0.1) is 23.6 Å². The van der Waals surface area contributed by atoms with E-state index in [1.807, 2.05) is 61.3 Å². The van der Waals surface area contributed by atoms with Gasteiger partial charge in [0.25, 0.3) is 11.5 Å². The minimum Gasteiger partial charge on any atom is -0.376 e. The zero-order valence-electron chi connectivity index (χ0n) is 15.5. The van der Waals surface area contributed by atoms with E-state index < -0.39 is 0 Å². The quantitative estimate of drug-likeness (QED) is 0.836. The highest BCUT2D eigenvalue weighted by Crippen LogP contribution is 2.25. The molecule has 1 atom stereocenters. The molecule has 1 fully saturated rings. The van der Waals surface area contributed by atoms with Crippen LogP contribution in [0.15, 0.2) is 47.4 Å². The minimum absolute atomic E-state index is 0.0692. The van der Waals surface area contributed by atoms with Crippen molar-refractivity contribution in [3.8, 4) is 0 Å². The molecule has 7 nitrogen and oxygen atoms in total. The van der Waals surface area contributed by atoms with Crippen molar-refractivity contribution in [1.82, 2.24) is 14.8 Å². The Morgan fingerprint density at radius 3 is 2.65 bits per heavy atom. The molecule has 1 aromatic heterocycles. The Morgan fingerprint density at radius 1 is 1.27 bits per heavy atom. The molecule has 26 heavy (non-hydrogen) atoms. The largest absolute Gasteiger partial charge is 0.376 e. The Hall–Kier alpha value is -2.83. The Labute approximate surface area is 153 Å². The summed E-state index contributed by atoms with van der Waals surface area (Å²) in [4.78, 5) is 27.1. The number of hydrogen-bond acceptors (Lipinski definition) is 5. The first-order valence-electron chi connectivity index (χ1n) is 8.86. The summed E-state index contributed by atoms with van der Waals surface area (Å²) in [7, 11) is 3.69. The summed E-state index contributed by atoms with van der Waals surface area (Å²) < 4.78 is 1.22. The van der Waals surface area contributed by atoms with Gasteiger partial charge in [-0.2, -0.15) is 5.10 Å². The van der Waals surface area contributed by atoms with Crippen LogP contribution in [0.5, 0.6) is 0 Å². The van der Waals surface area contributed by atoms with E-state index in [9.17, 15) is 9.59 Å². The molecule has 0 radical (unpaired) electrons. The third-order valence-electron chi connectivity index (χ3n) is 4.64. The van der Waals surface area contributed by atoms with Crippen molar-refractivity contribution < 1.29 is 4.79 Å². The van der Waals surface area contributed by atoms with Crippen molar-refractivity contribution in [2.24, 2.45) is 0 Å². The molecule has 7 heteroatoms. The zero-order chi connectivity index (χ0) is 18.7. The first-order chi connectivity index (χ1) is 12.5. The summed E-state index contributed by atoms with van der Waals surface area (Å²) in [6.45, 7) is 2.75. The van der Waals surface area contributed by atoms with Crippen molar-refractivity contribution >= 4 is 17.3 Å². The van der Waals surface area contributed by atoms with E-state index in [-0.39, 0.29) is 24.1 Å². The number of aromatic nitrogens is 2. The summed E-state index contributed by atoms with van der Waals surface area (Å²) in [6, 6.07) is 11.4. The molecule has 2 heterocycles. The Kier molecular flexibility index (Phi) is 5.25. The number of carbonyl (C=O) groups excluding carboxylic acids is 1. The number of hydrazine groups is 1. The lowest BCUT2D eigenvalue weighted by atomic mass is 10.1. The molecule has 0 bridgehead atoms. The molecule has 3 rings (SSSR count). The van der Waals surface area contributed by atoms with Crippen molar-refractivity contribution in [2.75, 3.05) is 30.5 Å². The van der Waals surface area contributed by atoms with Gasteiger partial charge < -0.3 is 4.90 Å². The van der Waals surface area contributed by atoms with Crippen molar-refractivity contribution in [3.05, 3.63) is 52.9 Å². The molecule has 0 aliphatic carbocycles. The maximum absolute atomic E-state index is 13.0. The van der Waals surface area contributed by atoms with E-state index in [2.05, 4.69) is 5.10 Å². The first-order valence-corrected chi connectivity index (χ1v) is 8.86. The minimum atomic E-state index is -0.277. The average molecular weight is 355 g/mol. The number of rotatable bonds is 4. The fourth-order valence-corrected chi connectivity index (χ4v) is 3.23. The highest BCUT2D eigenvalue weighted by atomic mass is 16.2. The molecule has 1 aliphatic rings. The van der Waals surface area contributed by atoms with E-state index >= 15 is 0 Å². The molecule has 1 aliphatic heterocycles. The Bertz CT molecular complexity index is 818. The van der Waals surface area contributed by atoms with Gasteiger partial charge in [0.15, 0.2) is 0 Å². The number of nitrogens with zero attached hydrogens (tertiary/aromatic N) is 5. The number of carbonyl (C=O) groups is 1. The smallest absolute Gasteiger partial charge is 0.269 e. The van der Waals surface area contributed by atoms with Gasteiger partial charge in [0, 0.05) is 26.7 Å². The molecule has 0 N–H and O–H groups in total. The van der Waals surface area contributed by atoms with Gasteiger partial charge in [-0.15, -0.1) is 0 Å². The highest BCUT2D eigenvalue weighted by Gasteiger charge is 2.30. The van der Waals surface area contributed by atoms with Crippen LogP contribution in [0, 0.1) is 0 Å². The fourth-order valence-electron chi connectivity index (χ4n) is 3.23. The monoisotopic (exact) mass is 355 g/mol. The summed E-state index contributed by atoms with van der Waals surface area (Å²) in [6.07, 6.45) is 3.57. The molecule has 0 unspecified atom stereocenters. The van der Waals surface area contributed by atoms with Gasteiger partial charge in [-0.25, -0.2) is 9.69 Å². The van der Waals surface area contributed by atoms with E-state index in [1.54, 1.807) is 11.2 Å². The second-order valence-corrected chi connectivity index (χ2v) is 6.79. The number of benzene rings is 1. The molecular weight excluding hydrogens is 330 g/mol. The van der Waals surface area contributed by atoms with Crippen molar-refractivity contribution in [1.29, 1.82) is 0 Å². The first kappa shape index (κ1) is 18.0. The highest BCUT2D eigenvalue weighted by molar-refractivity contribution is 5.78. The van der Waals surface area contributed by atoms with Crippen LogP contribution < -0.4 is 15.5 Å². The SMILES string of the molecule is C[C@H]1CCCN(c2ccccc2)N1C(=O)Cn1ncc(N(C)C)cc1=O. The summed E-state index contributed by atoms with van der Waals surface area (Å²) in [5.74, 6) is -0.131. The summed E-state index contributed by atoms with van der Waals surface area (Å²) in [5, 5.41) is 7.93. The number of amides is 1. The molecule has 1 saturated heterocycles. The molecule has 2 aromatic rings. The van der Waals surface area contributed by atoms with Gasteiger partial charge in [0.2, 0.25) is 0 Å². The van der Waals surface area contributed by atoms with Gasteiger partial charge in [0.1, 0.15) is 6.54 Å². The van der Waals surface area contributed by atoms with Crippen molar-refractivity contribution in [2.45, 2.75) is 32.4 Å². The molecule has 1 amide bonds. The molecule has 0 saturated carbocycles. The average Bonchev–Trinajstić information content (AvgIpc) is 2.63. The second kappa shape index (κ2) is 7.59. The lowest BCUT2D eigenvalue weighted by Gasteiger charge is -2.44. The maximum atomic E-state index is 13.0. The van der Waals surface area contributed by atoms with Crippen molar-refractivity contribution in [3.63, 3.8) is 0 Å². The number of anilines is 2. The van der Waals surface area contributed by atoms with Crippen LogP contribution in [-0.4, -0.2) is 47.4 Å². The lowest BCUT2D eigenvalue weighted by Crippen LogP contribution is -2.56. The molecule has 1 aromatic carbocycles. The Balaban J connectivity index is 1.83. The Morgan fingerprint density at radius 2 is 2.00 bits per heavy atom. The molecule has 0 spiro atoms. The van der Waals surface area contributed by atoms with E-state index in [0.29, 0.717) is 0 Å². The van der Waals surface area contributed by atoms with Gasteiger partial charge in [-0.05, 0) is 31.9 Å². The molecule has 138 valence electrons. The van der Waals surface area contributed by atoms with Crippen LogP contribution in [-0.2, 0) is 11.3 Å². The summed E-state index contributed by atoms with van der Waals surface area (Å²) >= 11 is 0. The predicted octanol–water partition coefficient (Wildman–Crippen LogP) is 1.74. The standard InChI is InChI=1S/C19H25N5O2/c1-15-8-7-11-23(16-9-5-4-6-10-16)24(15)19(26)14-22-18(25)12-17(13-20-22)21(2)3/h4-6,9-10,12-13,15H,7-8,11,14H2,1-3H3/t15-/m0/s1. The van der Waals surface area contributed by atoms with Crippen LogP contribution in [0.25, 0.3) is 0 Å². The van der Waals surface area contributed by atoms with Crippen LogP contribution in [0.4, 0.5) is 11.4 Å². The van der Waals surface area contributed by atoms with Crippen LogP contribution in [0.1, 0.15) is 19.8 Å². The number of hydrogen-bond donors (Lipinski definition) is 0. The lowest BCUT2D eigenvalue weighted by molar-refractivity contribution is -0.136. The topological polar surface area (TPSA) is 61.7 Å². The maximum Gasteiger partial charge on any atom is 0.269 e.